The summed E-state index contributed by atoms with van der Waals surface area (Å²) in [4.78, 5) is 13.8. The summed E-state index contributed by atoms with van der Waals surface area (Å²) in [5.41, 5.74) is 5.88. The molecule has 1 amide bonds. The predicted octanol–water partition coefficient (Wildman–Crippen LogP) is 1.89. The predicted molar refractivity (Wildman–Crippen MR) is 73.4 cm³/mol. The van der Waals surface area contributed by atoms with Crippen molar-refractivity contribution >= 4 is 29.9 Å². The molecule has 1 aromatic carbocycles. The van der Waals surface area contributed by atoms with Crippen LogP contribution in [0.4, 0.5) is 0 Å². The molecule has 1 heterocycles. The van der Waals surface area contributed by atoms with Gasteiger partial charge in [-0.3, -0.25) is 4.79 Å². The van der Waals surface area contributed by atoms with Crippen molar-refractivity contribution in [2.45, 2.75) is 6.42 Å². The van der Waals surface area contributed by atoms with Gasteiger partial charge in [0, 0.05) is 18.1 Å². The summed E-state index contributed by atoms with van der Waals surface area (Å²) in [5, 5.41) is 10.1. The minimum atomic E-state index is -0.157. The fourth-order valence-corrected chi connectivity index (χ4v) is 2.23. The number of nitrogens with two attached hydrogens (primary N) is 1. The second-order valence-corrected chi connectivity index (χ2v) is 4.74. The van der Waals surface area contributed by atoms with E-state index in [1.165, 1.54) is 6.07 Å². The first-order chi connectivity index (χ1) is 8.11. The lowest BCUT2D eigenvalue weighted by atomic mass is 10.1. The van der Waals surface area contributed by atoms with Crippen molar-refractivity contribution < 1.29 is 9.90 Å². The van der Waals surface area contributed by atoms with Crippen molar-refractivity contribution in [3.8, 4) is 5.75 Å². The van der Waals surface area contributed by atoms with E-state index in [9.17, 15) is 9.90 Å². The molecule has 4 nitrogen and oxygen atoms in total. The van der Waals surface area contributed by atoms with Crippen molar-refractivity contribution in [1.29, 1.82) is 0 Å². The number of phenols is 1. The Labute approximate surface area is 117 Å². The average molecular weight is 291 g/mol. The minimum Gasteiger partial charge on any atom is -0.507 e. The lowest BCUT2D eigenvalue weighted by molar-refractivity contribution is 0.0784. The van der Waals surface area contributed by atoms with Crippen LogP contribution in [0.15, 0.2) is 18.2 Å². The average Bonchev–Trinajstić information content (AvgIpc) is 2.76. The van der Waals surface area contributed by atoms with Gasteiger partial charge in [0.1, 0.15) is 5.75 Å². The van der Waals surface area contributed by atoms with Gasteiger partial charge < -0.3 is 15.7 Å². The van der Waals surface area contributed by atoms with E-state index in [0.29, 0.717) is 36.1 Å². The van der Waals surface area contributed by atoms with Gasteiger partial charge in [0.15, 0.2) is 0 Å². The van der Waals surface area contributed by atoms with Crippen molar-refractivity contribution in [2.75, 3.05) is 19.6 Å². The molecule has 0 aliphatic carbocycles. The summed E-state index contributed by atoms with van der Waals surface area (Å²) in [6.45, 7) is 1.95. The van der Waals surface area contributed by atoms with Crippen molar-refractivity contribution in [2.24, 2.45) is 11.7 Å². The number of carbonyl (C=O) groups is 1. The Bertz CT molecular complexity index is 440. The van der Waals surface area contributed by atoms with E-state index in [-0.39, 0.29) is 24.1 Å². The number of amides is 1. The Morgan fingerprint density at radius 2 is 2.28 bits per heavy atom. The van der Waals surface area contributed by atoms with E-state index in [1.54, 1.807) is 17.0 Å². The Morgan fingerprint density at radius 3 is 2.83 bits per heavy atom. The highest BCUT2D eigenvalue weighted by Crippen LogP contribution is 2.25. The van der Waals surface area contributed by atoms with Crippen LogP contribution >= 0.6 is 24.0 Å². The Hall–Kier alpha value is -0.970. The molecule has 0 saturated carbocycles. The maximum absolute atomic E-state index is 12.1. The maximum atomic E-state index is 12.1. The number of nitrogens with zero attached hydrogens (tertiary/aromatic N) is 1. The molecule has 0 bridgehead atoms. The van der Waals surface area contributed by atoms with E-state index in [1.807, 2.05) is 0 Å². The normalized spacial score (nSPS) is 18.6. The zero-order chi connectivity index (χ0) is 12.4. The number of hydrogen-bond acceptors (Lipinski definition) is 3. The number of likely N-dealkylation sites (tertiary alicyclic amines) is 1. The molecule has 0 spiro atoms. The largest absolute Gasteiger partial charge is 0.507 e. The maximum Gasteiger partial charge on any atom is 0.257 e. The van der Waals surface area contributed by atoms with E-state index >= 15 is 0 Å². The number of carbonyl (C=O) groups excluding carboxylic acids is 1. The topological polar surface area (TPSA) is 66.6 Å². The van der Waals surface area contributed by atoms with Gasteiger partial charge in [-0.05, 0) is 37.1 Å². The lowest BCUT2D eigenvalue weighted by Gasteiger charge is -2.17. The molecule has 2 rings (SSSR count). The second kappa shape index (κ2) is 6.27. The first-order valence-corrected chi connectivity index (χ1v) is 5.97. The van der Waals surface area contributed by atoms with Crippen LogP contribution in [-0.4, -0.2) is 35.5 Å². The molecule has 1 aromatic rings. The number of benzene rings is 1. The highest BCUT2D eigenvalue weighted by molar-refractivity contribution is 6.30. The van der Waals surface area contributed by atoms with Gasteiger partial charge in [0.2, 0.25) is 0 Å². The van der Waals surface area contributed by atoms with Crippen molar-refractivity contribution in [3.63, 3.8) is 0 Å². The van der Waals surface area contributed by atoms with Gasteiger partial charge in [-0.25, -0.2) is 0 Å². The summed E-state index contributed by atoms with van der Waals surface area (Å²) < 4.78 is 0. The highest BCUT2D eigenvalue weighted by atomic mass is 35.5. The molecule has 3 N–H and O–H groups in total. The van der Waals surface area contributed by atoms with Crippen LogP contribution in [0.5, 0.6) is 5.75 Å². The molecule has 100 valence electrons. The van der Waals surface area contributed by atoms with Gasteiger partial charge in [-0.15, -0.1) is 12.4 Å². The molecule has 1 unspecified atom stereocenters. The molecule has 1 aliphatic heterocycles. The Balaban J connectivity index is 0.00000162. The van der Waals surface area contributed by atoms with E-state index in [0.717, 1.165) is 6.42 Å². The number of phenolic OH excluding ortho intramolecular Hbond substituents is 1. The molecular formula is C12H16Cl2N2O2. The third-order valence-electron chi connectivity index (χ3n) is 3.10. The number of rotatable bonds is 2. The number of hydrogen-bond donors (Lipinski definition) is 2. The SMILES string of the molecule is Cl.NCC1CCN(C(=O)c2ccc(Cl)cc2O)C1. The molecule has 0 radical (unpaired) electrons. The van der Waals surface area contributed by atoms with Crippen molar-refractivity contribution in [3.05, 3.63) is 28.8 Å². The third-order valence-corrected chi connectivity index (χ3v) is 3.33. The second-order valence-electron chi connectivity index (χ2n) is 4.30. The van der Waals surface area contributed by atoms with Crippen LogP contribution in [0.3, 0.4) is 0 Å². The first kappa shape index (κ1) is 15.1. The number of halogens is 2. The Morgan fingerprint density at radius 1 is 1.56 bits per heavy atom. The molecule has 6 heteroatoms. The van der Waals surface area contributed by atoms with Crippen molar-refractivity contribution in [1.82, 2.24) is 4.90 Å². The molecule has 18 heavy (non-hydrogen) atoms. The molecule has 1 aliphatic rings. The van der Waals surface area contributed by atoms with E-state index in [2.05, 4.69) is 0 Å². The fourth-order valence-electron chi connectivity index (χ4n) is 2.07. The van der Waals surface area contributed by atoms with Gasteiger partial charge >= 0.3 is 0 Å². The highest BCUT2D eigenvalue weighted by Gasteiger charge is 2.27. The van der Waals surface area contributed by atoms with E-state index in [4.69, 9.17) is 17.3 Å². The van der Waals surface area contributed by atoms with Gasteiger partial charge in [-0.1, -0.05) is 11.6 Å². The minimum absolute atomic E-state index is 0. The van der Waals surface area contributed by atoms with Crippen LogP contribution in [0.25, 0.3) is 0 Å². The van der Waals surface area contributed by atoms with Gasteiger partial charge in [-0.2, -0.15) is 0 Å². The zero-order valence-corrected chi connectivity index (χ0v) is 11.4. The zero-order valence-electron chi connectivity index (χ0n) is 9.80. The van der Waals surface area contributed by atoms with Crippen LogP contribution in [0.1, 0.15) is 16.8 Å². The quantitative estimate of drug-likeness (QED) is 0.874. The summed E-state index contributed by atoms with van der Waals surface area (Å²) in [6.07, 6.45) is 0.927. The molecular weight excluding hydrogens is 275 g/mol. The summed E-state index contributed by atoms with van der Waals surface area (Å²) in [6, 6.07) is 4.53. The molecule has 1 atom stereocenters. The first-order valence-electron chi connectivity index (χ1n) is 5.59. The molecule has 0 aromatic heterocycles. The summed E-state index contributed by atoms with van der Waals surface area (Å²) in [7, 11) is 0. The molecule has 1 saturated heterocycles. The van der Waals surface area contributed by atoms with Crippen LogP contribution in [-0.2, 0) is 0 Å². The van der Waals surface area contributed by atoms with Crippen LogP contribution in [0, 0.1) is 5.92 Å². The van der Waals surface area contributed by atoms with Gasteiger partial charge in [0.05, 0.1) is 5.56 Å². The number of aromatic hydroxyl groups is 1. The fraction of sp³-hybridized carbons (Fsp3) is 0.417. The van der Waals surface area contributed by atoms with E-state index < -0.39 is 0 Å². The van der Waals surface area contributed by atoms with Crippen LogP contribution < -0.4 is 5.73 Å². The summed E-state index contributed by atoms with van der Waals surface area (Å²) in [5.74, 6) is 0.141. The Kier molecular flexibility index (Phi) is 5.26. The smallest absolute Gasteiger partial charge is 0.257 e. The van der Waals surface area contributed by atoms with Crippen LogP contribution in [0.2, 0.25) is 5.02 Å². The third kappa shape index (κ3) is 3.07. The lowest BCUT2D eigenvalue weighted by Crippen LogP contribution is -2.29. The monoisotopic (exact) mass is 290 g/mol. The standard InChI is InChI=1S/C12H15ClN2O2.ClH/c13-9-1-2-10(11(16)5-9)12(17)15-4-3-8(6-14)7-15;/h1-2,5,8,16H,3-4,6-7,14H2;1H. The molecule has 1 fully saturated rings. The summed E-state index contributed by atoms with van der Waals surface area (Å²) >= 11 is 5.73. The van der Waals surface area contributed by atoms with Gasteiger partial charge in [0.25, 0.3) is 5.91 Å².